The number of hydrogen-bond donors (Lipinski definition) is 3. The summed E-state index contributed by atoms with van der Waals surface area (Å²) in [7, 11) is 1.74. The Balaban J connectivity index is 2.16. The number of amides is 1. The first-order chi connectivity index (χ1) is 9.44. The van der Waals surface area contributed by atoms with Gasteiger partial charge in [0.15, 0.2) is 0 Å². The van der Waals surface area contributed by atoms with Crippen molar-refractivity contribution >= 4 is 11.6 Å². The van der Waals surface area contributed by atoms with Gasteiger partial charge in [-0.2, -0.15) is 0 Å². The highest BCUT2D eigenvalue weighted by molar-refractivity contribution is 5.97. The van der Waals surface area contributed by atoms with E-state index in [0.29, 0.717) is 5.69 Å². The lowest BCUT2D eigenvalue weighted by Crippen LogP contribution is -2.47. The van der Waals surface area contributed by atoms with Crippen LogP contribution in [0.2, 0.25) is 0 Å². The van der Waals surface area contributed by atoms with E-state index in [9.17, 15) is 9.59 Å². The van der Waals surface area contributed by atoms with E-state index in [1.807, 2.05) is 0 Å². The summed E-state index contributed by atoms with van der Waals surface area (Å²) >= 11 is 0. The number of aromatic nitrogens is 2. The van der Waals surface area contributed by atoms with E-state index in [-0.39, 0.29) is 11.6 Å². The van der Waals surface area contributed by atoms with Gasteiger partial charge in [-0.05, 0) is 45.2 Å². The maximum atomic E-state index is 12.0. The van der Waals surface area contributed by atoms with Crippen LogP contribution in [-0.4, -0.2) is 28.0 Å². The van der Waals surface area contributed by atoms with E-state index in [1.54, 1.807) is 57.6 Å². The predicted octanol–water partition coefficient (Wildman–Crippen LogP) is 1.10. The molecule has 2 rings (SSSR count). The van der Waals surface area contributed by atoms with Gasteiger partial charge in [-0.25, -0.2) is 4.79 Å². The molecule has 0 unspecified atom stereocenters. The molecule has 0 fully saturated rings. The number of hydrogen-bond acceptors (Lipinski definition) is 3. The van der Waals surface area contributed by atoms with E-state index < -0.39 is 5.54 Å². The molecule has 0 aliphatic heterocycles. The van der Waals surface area contributed by atoms with Crippen LogP contribution in [0, 0.1) is 0 Å². The Bertz CT molecular complexity index is 652. The predicted molar refractivity (Wildman–Crippen MR) is 78.2 cm³/mol. The molecule has 20 heavy (non-hydrogen) atoms. The van der Waals surface area contributed by atoms with Crippen LogP contribution in [-0.2, 0) is 4.79 Å². The summed E-state index contributed by atoms with van der Waals surface area (Å²) in [6.45, 7) is 3.60. The number of anilines is 1. The lowest BCUT2D eigenvalue weighted by molar-refractivity contribution is -0.121. The fourth-order valence-electron chi connectivity index (χ4n) is 1.63. The minimum absolute atomic E-state index is 0.119. The largest absolute Gasteiger partial charge is 0.330 e. The first-order valence-corrected chi connectivity index (χ1v) is 6.31. The molecule has 0 saturated carbocycles. The molecule has 0 radical (unpaired) electrons. The maximum absolute atomic E-state index is 12.0. The third-order valence-corrected chi connectivity index (χ3v) is 3.25. The minimum atomic E-state index is -0.643. The average Bonchev–Trinajstić information content (AvgIpc) is 2.86. The van der Waals surface area contributed by atoms with Crippen LogP contribution in [0.25, 0.3) is 5.69 Å². The molecule has 2 aromatic rings. The number of nitrogens with zero attached hydrogens (tertiary/aromatic N) is 1. The van der Waals surface area contributed by atoms with Gasteiger partial charge in [-0.3, -0.25) is 9.36 Å². The van der Waals surface area contributed by atoms with Crippen LogP contribution in [0.4, 0.5) is 5.69 Å². The van der Waals surface area contributed by atoms with Gasteiger partial charge in [-0.1, -0.05) is 0 Å². The molecule has 106 valence electrons. The van der Waals surface area contributed by atoms with Gasteiger partial charge in [0.25, 0.3) is 0 Å². The van der Waals surface area contributed by atoms with E-state index in [2.05, 4.69) is 15.6 Å². The molecule has 0 spiro atoms. The molecule has 0 aliphatic carbocycles. The van der Waals surface area contributed by atoms with Crippen LogP contribution >= 0.6 is 0 Å². The van der Waals surface area contributed by atoms with Crippen LogP contribution < -0.4 is 16.3 Å². The van der Waals surface area contributed by atoms with E-state index in [1.165, 1.54) is 4.57 Å². The Labute approximate surface area is 116 Å². The smallest absolute Gasteiger partial charge is 0.325 e. The van der Waals surface area contributed by atoms with E-state index >= 15 is 0 Å². The number of aromatic amines is 1. The van der Waals surface area contributed by atoms with Gasteiger partial charge >= 0.3 is 5.69 Å². The van der Waals surface area contributed by atoms with Crippen LogP contribution in [0.1, 0.15) is 13.8 Å². The standard InChI is InChI=1S/C14H18N4O2/c1-14(2,15-3)12(19)17-10-4-6-11(7-5-10)18-9-8-16-13(18)20/h4-9,15H,1-3H3,(H,16,20)(H,17,19). The van der Waals surface area contributed by atoms with Crippen molar-refractivity contribution in [3.63, 3.8) is 0 Å². The zero-order chi connectivity index (χ0) is 14.8. The lowest BCUT2D eigenvalue weighted by Gasteiger charge is -2.22. The Morgan fingerprint density at radius 2 is 1.90 bits per heavy atom. The molecule has 3 N–H and O–H groups in total. The number of rotatable bonds is 4. The van der Waals surface area contributed by atoms with Crippen LogP contribution in [0.5, 0.6) is 0 Å². The van der Waals surface area contributed by atoms with Crippen molar-refractivity contribution in [2.75, 3.05) is 12.4 Å². The van der Waals surface area contributed by atoms with Crippen molar-refractivity contribution in [3.8, 4) is 5.69 Å². The second-order valence-electron chi connectivity index (χ2n) is 5.01. The van der Waals surface area contributed by atoms with Gasteiger partial charge in [0.2, 0.25) is 5.91 Å². The Kier molecular flexibility index (Phi) is 3.76. The van der Waals surface area contributed by atoms with Gasteiger partial charge in [-0.15, -0.1) is 0 Å². The first kappa shape index (κ1) is 14.1. The van der Waals surface area contributed by atoms with Gasteiger partial charge < -0.3 is 15.6 Å². The van der Waals surface area contributed by atoms with E-state index in [4.69, 9.17) is 0 Å². The summed E-state index contributed by atoms with van der Waals surface area (Å²) in [5, 5.41) is 5.76. The zero-order valence-electron chi connectivity index (χ0n) is 11.7. The lowest BCUT2D eigenvalue weighted by atomic mass is 10.1. The Morgan fingerprint density at radius 3 is 2.40 bits per heavy atom. The normalized spacial score (nSPS) is 11.3. The molecule has 6 nitrogen and oxygen atoms in total. The number of H-pyrrole nitrogens is 1. The fourth-order valence-corrected chi connectivity index (χ4v) is 1.63. The molecular weight excluding hydrogens is 256 g/mol. The average molecular weight is 274 g/mol. The number of likely N-dealkylation sites (N-methyl/N-ethyl adjacent to an activating group) is 1. The van der Waals surface area contributed by atoms with Crippen molar-refractivity contribution in [2.45, 2.75) is 19.4 Å². The SMILES string of the molecule is CNC(C)(C)C(=O)Nc1ccc(-n2cc[nH]c2=O)cc1. The summed E-state index contributed by atoms with van der Waals surface area (Å²) in [4.78, 5) is 26.1. The van der Waals surface area contributed by atoms with Gasteiger partial charge in [0.1, 0.15) is 0 Å². The molecule has 1 aromatic heterocycles. The van der Waals surface area contributed by atoms with Crippen molar-refractivity contribution in [3.05, 3.63) is 47.1 Å². The fraction of sp³-hybridized carbons (Fsp3) is 0.286. The highest BCUT2D eigenvalue weighted by atomic mass is 16.2. The summed E-state index contributed by atoms with van der Waals surface area (Å²) in [6, 6.07) is 7.07. The number of carbonyl (C=O) groups excluding carboxylic acids is 1. The van der Waals surface area contributed by atoms with Crippen molar-refractivity contribution in [1.29, 1.82) is 0 Å². The molecule has 0 saturated heterocycles. The van der Waals surface area contributed by atoms with Gasteiger partial charge in [0, 0.05) is 18.1 Å². The third kappa shape index (κ3) is 2.80. The minimum Gasteiger partial charge on any atom is -0.325 e. The first-order valence-electron chi connectivity index (χ1n) is 6.31. The zero-order valence-corrected chi connectivity index (χ0v) is 11.7. The van der Waals surface area contributed by atoms with Gasteiger partial charge in [0.05, 0.1) is 11.2 Å². The summed E-state index contributed by atoms with van der Waals surface area (Å²) in [6.07, 6.45) is 3.23. The second kappa shape index (κ2) is 5.34. The third-order valence-electron chi connectivity index (χ3n) is 3.25. The van der Waals surface area contributed by atoms with Crippen LogP contribution in [0.15, 0.2) is 41.5 Å². The number of nitrogens with one attached hydrogen (secondary N) is 3. The molecule has 1 amide bonds. The quantitative estimate of drug-likeness (QED) is 0.781. The molecule has 1 heterocycles. The summed E-state index contributed by atoms with van der Waals surface area (Å²) in [5.41, 5.74) is 0.585. The number of carbonyl (C=O) groups is 1. The van der Waals surface area contributed by atoms with E-state index in [0.717, 1.165) is 5.69 Å². The molecule has 0 atom stereocenters. The van der Waals surface area contributed by atoms with Crippen molar-refractivity contribution < 1.29 is 4.79 Å². The molecule has 0 aliphatic rings. The Morgan fingerprint density at radius 1 is 1.25 bits per heavy atom. The highest BCUT2D eigenvalue weighted by Crippen LogP contribution is 2.14. The van der Waals surface area contributed by atoms with Crippen LogP contribution in [0.3, 0.4) is 0 Å². The van der Waals surface area contributed by atoms with Crippen molar-refractivity contribution in [1.82, 2.24) is 14.9 Å². The topological polar surface area (TPSA) is 78.9 Å². The Hall–Kier alpha value is -2.34. The second-order valence-corrected chi connectivity index (χ2v) is 5.01. The number of benzene rings is 1. The monoisotopic (exact) mass is 274 g/mol. The molecular formula is C14H18N4O2. The summed E-state index contributed by atoms with van der Waals surface area (Å²) in [5.74, 6) is -0.119. The van der Waals surface area contributed by atoms with Crippen molar-refractivity contribution in [2.24, 2.45) is 0 Å². The molecule has 0 bridgehead atoms. The molecule has 1 aromatic carbocycles. The maximum Gasteiger partial charge on any atom is 0.330 e. The summed E-state index contributed by atoms with van der Waals surface area (Å²) < 4.78 is 1.49. The number of imidazole rings is 1. The molecule has 6 heteroatoms. The highest BCUT2D eigenvalue weighted by Gasteiger charge is 2.24.